The molecule has 9 heteroatoms. The van der Waals surface area contributed by atoms with Crippen molar-refractivity contribution in [3.63, 3.8) is 0 Å². The number of carboxylic acids is 1. The van der Waals surface area contributed by atoms with Crippen molar-refractivity contribution in [3.8, 4) is 0 Å². The second kappa shape index (κ2) is 9.09. The number of aromatic nitrogens is 3. The largest absolute Gasteiger partial charge is 0.478 e. The zero-order valence-electron chi connectivity index (χ0n) is 18.6. The normalized spacial score (nSPS) is 18.4. The van der Waals surface area contributed by atoms with Gasteiger partial charge in [0.05, 0.1) is 29.2 Å². The van der Waals surface area contributed by atoms with Crippen molar-refractivity contribution < 1.29 is 19.5 Å². The van der Waals surface area contributed by atoms with Gasteiger partial charge < -0.3 is 19.9 Å². The molecule has 2 aliphatic rings. The molecule has 1 fully saturated rings. The number of fused-ring (bicyclic) bond motifs is 1. The fourth-order valence-corrected chi connectivity index (χ4v) is 5.05. The Hall–Kier alpha value is -4.01. The molecule has 5 rings (SSSR count). The standard InChI is InChI=1S/C25H25N5O4/c31-23(19-5-2-9-26-14-19)29-10-6-16(7-11-29)22-21-20(27-15-28-21)8-12-30(22)24(32)17-3-1-4-18(13-17)25(33)34/h1-5,9,13-16,22H,6-8,10-12H2,(H,27,28)(H,33,34). The number of carboxylic acid groups (broad SMARTS) is 1. The number of rotatable bonds is 4. The summed E-state index contributed by atoms with van der Waals surface area (Å²) in [5.41, 5.74) is 2.91. The molecule has 4 heterocycles. The number of nitrogens with zero attached hydrogens (tertiary/aromatic N) is 4. The summed E-state index contributed by atoms with van der Waals surface area (Å²) in [7, 11) is 0. The van der Waals surface area contributed by atoms with E-state index in [2.05, 4.69) is 15.0 Å². The van der Waals surface area contributed by atoms with E-state index in [1.165, 1.54) is 12.1 Å². The number of amides is 2. The number of nitrogens with one attached hydrogen (secondary N) is 1. The van der Waals surface area contributed by atoms with Crippen LogP contribution in [-0.4, -0.2) is 67.3 Å². The van der Waals surface area contributed by atoms with Gasteiger partial charge in [0.1, 0.15) is 0 Å². The summed E-state index contributed by atoms with van der Waals surface area (Å²) in [5, 5.41) is 9.34. The zero-order valence-corrected chi connectivity index (χ0v) is 18.6. The first kappa shape index (κ1) is 21.8. The van der Waals surface area contributed by atoms with Crippen LogP contribution >= 0.6 is 0 Å². The second-order valence-corrected chi connectivity index (χ2v) is 8.72. The summed E-state index contributed by atoms with van der Waals surface area (Å²) in [6.45, 7) is 1.70. The number of imidazole rings is 1. The lowest BCUT2D eigenvalue weighted by Crippen LogP contribution is -2.47. The van der Waals surface area contributed by atoms with Gasteiger partial charge in [-0.05, 0) is 49.1 Å². The third-order valence-electron chi connectivity index (χ3n) is 6.77. The van der Waals surface area contributed by atoms with Crippen LogP contribution in [0.1, 0.15) is 61.3 Å². The molecule has 1 aromatic carbocycles. The molecule has 2 aliphatic heterocycles. The smallest absolute Gasteiger partial charge is 0.335 e. The molecule has 0 radical (unpaired) electrons. The van der Waals surface area contributed by atoms with Crippen molar-refractivity contribution in [2.75, 3.05) is 19.6 Å². The molecule has 0 saturated carbocycles. The number of carbonyl (C=O) groups excluding carboxylic acids is 2. The lowest BCUT2D eigenvalue weighted by atomic mass is 9.83. The Balaban J connectivity index is 1.37. The molecule has 0 bridgehead atoms. The summed E-state index contributed by atoms with van der Waals surface area (Å²) in [6.07, 6.45) is 7.03. The topological polar surface area (TPSA) is 119 Å². The Labute approximate surface area is 196 Å². The Morgan fingerprint density at radius 2 is 1.74 bits per heavy atom. The third kappa shape index (κ3) is 4.05. The van der Waals surface area contributed by atoms with Crippen LogP contribution in [0.25, 0.3) is 0 Å². The highest BCUT2D eigenvalue weighted by Crippen LogP contribution is 2.39. The van der Waals surface area contributed by atoms with Crippen LogP contribution < -0.4 is 0 Å². The first-order chi connectivity index (χ1) is 16.5. The van der Waals surface area contributed by atoms with Gasteiger partial charge in [-0.15, -0.1) is 0 Å². The van der Waals surface area contributed by atoms with Gasteiger partial charge >= 0.3 is 5.97 Å². The van der Waals surface area contributed by atoms with Crippen LogP contribution in [0.3, 0.4) is 0 Å². The molecule has 2 aromatic heterocycles. The van der Waals surface area contributed by atoms with Crippen molar-refractivity contribution in [3.05, 3.63) is 83.2 Å². The quantitative estimate of drug-likeness (QED) is 0.619. The van der Waals surface area contributed by atoms with E-state index in [0.717, 1.165) is 24.2 Å². The third-order valence-corrected chi connectivity index (χ3v) is 6.77. The highest BCUT2D eigenvalue weighted by Gasteiger charge is 2.40. The number of aromatic carboxylic acids is 1. The second-order valence-electron chi connectivity index (χ2n) is 8.72. The minimum Gasteiger partial charge on any atom is -0.478 e. The average molecular weight is 460 g/mol. The van der Waals surface area contributed by atoms with E-state index < -0.39 is 5.97 Å². The Kier molecular flexibility index (Phi) is 5.83. The van der Waals surface area contributed by atoms with Gasteiger partial charge in [-0.2, -0.15) is 0 Å². The maximum atomic E-state index is 13.5. The van der Waals surface area contributed by atoms with E-state index in [0.29, 0.717) is 37.2 Å². The Morgan fingerprint density at radius 1 is 0.971 bits per heavy atom. The van der Waals surface area contributed by atoms with Gasteiger partial charge in [-0.25, -0.2) is 9.78 Å². The highest BCUT2D eigenvalue weighted by molar-refractivity contribution is 5.98. The SMILES string of the molecule is O=C(O)c1cccc(C(=O)N2CCc3[nH]cnc3C2C2CCN(C(=O)c3cccnc3)CC2)c1. The van der Waals surface area contributed by atoms with Gasteiger partial charge in [0.15, 0.2) is 0 Å². The maximum Gasteiger partial charge on any atom is 0.335 e. The van der Waals surface area contributed by atoms with E-state index in [-0.39, 0.29) is 29.3 Å². The fourth-order valence-electron chi connectivity index (χ4n) is 5.05. The van der Waals surface area contributed by atoms with Gasteiger partial charge in [0.2, 0.25) is 0 Å². The fraction of sp³-hybridized carbons (Fsp3) is 0.320. The van der Waals surface area contributed by atoms with Gasteiger partial charge in [-0.3, -0.25) is 14.6 Å². The van der Waals surface area contributed by atoms with Crippen LogP contribution in [0.5, 0.6) is 0 Å². The first-order valence-electron chi connectivity index (χ1n) is 11.4. The van der Waals surface area contributed by atoms with E-state index in [4.69, 9.17) is 0 Å². The molecular weight excluding hydrogens is 434 g/mol. The van der Waals surface area contributed by atoms with Gasteiger partial charge in [0.25, 0.3) is 11.8 Å². The number of H-pyrrole nitrogens is 1. The molecule has 9 nitrogen and oxygen atoms in total. The van der Waals surface area contributed by atoms with E-state index >= 15 is 0 Å². The Morgan fingerprint density at radius 3 is 2.47 bits per heavy atom. The molecule has 0 aliphatic carbocycles. The molecule has 3 aromatic rings. The maximum absolute atomic E-state index is 13.5. The molecule has 0 spiro atoms. The van der Waals surface area contributed by atoms with E-state index in [1.807, 2.05) is 9.80 Å². The number of hydrogen-bond acceptors (Lipinski definition) is 5. The van der Waals surface area contributed by atoms with Crippen LogP contribution in [0.2, 0.25) is 0 Å². The molecule has 2 N–H and O–H groups in total. The molecule has 1 atom stereocenters. The van der Waals surface area contributed by atoms with Crippen molar-refractivity contribution >= 4 is 17.8 Å². The predicted molar refractivity (Wildman–Crippen MR) is 122 cm³/mol. The van der Waals surface area contributed by atoms with E-state index in [1.54, 1.807) is 43.0 Å². The van der Waals surface area contributed by atoms with Crippen molar-refractivity contribution in [1.29, 1.82) is 0 Å². The van der Waals surface area contributed by atoms with Crippen molar-refractivity contribution in [2.24, 2.45) is 5.92 Å². The van der Waals surface area contributed by atoms with Gasteiger partial charge in [-0.1, -0.05) is 6.07 Å². The zero-order chi connectivity index (χ0) is 23.7. The van der Waals surface area contributed by atoms with Crippen LogP contribution in [-0.2, 0) is 6.42 Å². The molecule has 2 amide bonds. The van der Waals surface area contributed by atoms with E-state index in [9.17, 15) is 19.5 Å². The monoisotopic (exact) mass is 459 g/mol. The van der Waals surface area contributed by atoms with Gasteiger partial charge in [0, 0.05) is 49.7 Å². The minimum atomic E-state index is -1.06. The number of likely N-dealkylation sites (tertiary alicyclic amines) is 1. The lowest BCUT2D eigenvalue weighted by Gasteiger charge is -2.43. The van der Waals surface area contributed by atoms with Crippen molar-refractivity contribution in [2.45, 2.75) is 25.3 Å². The predicted octanol–water partition coefficient (Wildman–Crippen LogP) is 2.79. The van der Waals surface area contributed by atoms with Crippen molar-refractivity contribution in [1.82, 2.24) is 24.8 Å². The first-order valence-corrected chi connectivity index (χ1v) is 11.4. The molecule has 34 heavy (non-hydrogen) atoms. The Bertz CT molecular complexity index is 1220. The number of aromatic amines is 1. The number of piperidine rings is 1. The lowest BCUT2D eigenvalue weighted by molar-refractivity contribution is 0.0431. The molecular formula is C25H25N5O4. The number of carbonyl (C=O) groups is 3. The summed E-state index contributed by atoms with van der Waals surface area (Å²) >= 11 is 0. The molecule has 1 unspecified atom stereocenters. The average Bonchev–Trinajstić information content (AvgIpc) is 3.37. The number of pyridine rings is 1. The van der Waals surface area contributed by atoms with Crippen LogP contribution in [0, 0.1) is 5.92 Å². The molecule has 174 valence electrons. The number of benzene rings is 1. The van der Waals surface area contributed by atoms with Crippen LogP contribution in [0.4, 0.5) is 0 Å². The summed E-state index contributed by atoms with van der Waals surface area (Å²) in [4.78, 5) is 53.2. The minimum absolute atomic E-state index is 0.0333. The highest BCUT2D eigenvalue weighted by atomic mass is 16.4. The summed E-state index contributed by atoms with van der Waals surface area (Å²) < 4.78 is 0. The van der Waals surface area contributed by atoms with Crippen LogP contribution in [0.15, 0.2) is 55.1 Å². The summed E-state index contributed by atoms with van der Waals surface area (Å²) in [5.74, 6) is -1.17. The number of hydrogen-bond donors (Lipinski definition) is 2. The summed E-state index contributed by atoms with van der Waals surface area (Å²) in [6, 6.07) is 9.45. The molecule has 1 saturated heterocycles.